The van der Waals surface area contributed by atoms with E-state index in [-0.39, 0.29) is 36.4 Å². The molecule has 6 heterocycles. The fraction of sp³-hybridized carbons (Fsp3) is 0.515. The fourth-order valence-electron chi connectivity index (χ4n) is 12.7. The monoisotopic (exact) mass is 1460 g/mol. The molecule has 0 bridgehead atoms. The van der Waals surface area contributed by atoms with Crippen LogP contribution >= 0.6 is 0 Å². The lowest BCUT2D eigenvalue weighted by molar-refractivity contribution is -0.663. The first-order valence-corrected chi connectivity index (χ1v) is 33.3. The van der Waals surface area contributed by atoms with Crippen molar-refractivity contribution in [3.8, 4) is 23.0 Å². The molecule has 0 aromatic heterocycles. The number of rotatable bonds is 21. The van der Waals surface area contributed by atoms with Crippen LogP contribution in [0.15, 0.2) is 114 Å². The summed E-state index contributed by atoms with van der Waals surface area (Å²) in [6.07, 6.45) is -31.6. The summed E-state index contributed by atoms with van der Waals surface area (Å²) in [5.74, 6) is -7.46. The Balaban J connectivity index is 0.891. The van der Waals surface area contributed by atoms with Crippen LogP contribution in [0.25, 0.3) is 0 Å². The van der Waals surface area contributed by atoms with E-state index in [2.05, 4.69) is 47.5 Å². The van der Waals surface area contributed by atoms with E-state index in [1.807, 2.05) is 18.2 Å². The number of guanidine groups is 2. The number of ether oxygens (including phenoxy) is 7. The van der Waals surface area contributed by atoms with Crippen LogP contribution in [0.3, 0.4) is 0 Å². The highest BCUT2D eigenvalue weighted by molar-refractivity contribution is 5.98. The number of aliphatic hydroxyl groups excluding tert-OH is 13. The molecule has 25 atom stereocenters. The van der Waals surface area contributed by atoms with Crippen molar-refractivity contribution in [3.05, 3.63) is 120 Å². The molecular formula is C66H87N12O26+. The Morgan fingerprint density at radius 3 is 1.75 bits per heavy atom. The van der Waals surface area contributed by atoms with Crippen molar-refractivity contribution < 1.29 is 133 Å². The Morgan fingerprint density at radius 2 is 1.10 bits per heavy atom. The van der Waals surface area contributed by atoms with Gasteiger partial charge in [0.25, 0.3) is 0 Å². The second kappa shape index (κ2) is 34.7. The first-order valence-electron chi connectivity index (χ1n) is 33.3. The summed E-state index contributed by atoms with van der Waals surface area (Å²) in [5.41, 5.74) is 12.9. The Hall–Kier alpha value is -9.04. The third-order valence-electron chi connectivity index (χ3n) is 18.6. The number of carbonyl (C=O) groups excluding carboxylic acids is 6. The minimum absolute atomic E-state index is 0.0728. The van der Waals surface area contributed by atoms with Crippen LogP contribution in [0.1, 0.15) is 24.0 Å². The van der Waals surface area contributed by atoms with Crippen molar-refractivity contribution in [1.82, 2.24) is 42.5 Å². The average Bonchev–Trinajstić information content (AvgIpc) is 1.42. The zero-order chi connectivity index (χ0) is 74.8. The number of nitrogens with two attached hydrogens (primary N) is 2. The van der Waals surface area contributed by atoms with Gasteiger partial charge in [0, 0.05) is 18.9 Å². The predicted octanol–water partition coefficient (Wildman–Crippen LogP) is -10.4. The van der Waals surface area contributed by atoms with Crippen LogP contribution in [-0.2, 0) is 54.1 Å². The van der Waals surface area contributed by atoms with Gasteiger partial charge in [0.15, 0.2) is 12.2 Å². The number of nitrogens with zero attached hydrogens (tertiary/aromatic N) is 2. The number of carbonyl (C=O) groups is 6. The Morgan fingerprint density at radius 1 is 0.529 bits per heavy atom. The normalized spacial score (nSPS) is 34.2. The third kappa shape index (κ3) is 18.0. The SMILES string of the molecule is C[C@H](c1ccccc1)[C@@H]1NC(=O)CNC(=O)[C@H](CO)NC(=O)[C@@H]([C@H](O)[C@@H]2CNC(N)=[N+]2[C@@H]2O[C@@H](CO)[C@H](O)[C@H](O)[C@@H]2O)NC(=O)[C@H]([C@H](O)[C@@H]2CNC(N)=N2)NC(=O)[C@@H](Cc2ccc(O[C@@H]3O[C@H](CO)[C@H](O[C@@H]4O[C@@H](COc5ccc(Oc6ccccc6)cc5)[C@H](O)[C@H](O)[C@@H]4O)[C@@H](O)[C@H]3O)cc2)NC1=O. The van der Waals surface area contributed by atoms with Gasteiger partial charge in [-0.2, -0.15) is 0 Å². The molecule has 104 heavy (non-hydrogen) atoms. The molecule has 25 N–H and O–H groups in total. The first kappa shape index (κ1) is 77.6. The predicted molar refractivity (Wildman–Crippen MR) is 354 cm³/mol. The first-order chi connectivity index (χ1) is 49.8. The van der Waals surface area contributed by atoms with Gasteiger partial charge in [-0.15, -0.1) is 0 Å². The topological polar surface area (TPSA) is 594 Å². The average molecular weight is 1460 g/mol. The van der Waals surface area contributed by atoms with Gasteiger partial charge < -0.3 is 142 Å². The second-order valence-electron chi connectivity index (χ2n) is 25.6. The molecule has 38 nitrogen and oxygen atoms in total. The number of hydrogen-bond acceptors (Lipinski definition) is 31. The lowest BCUT2D eigenvalue weighted by Gasteiger charge is -2.46. The molecular weight excluding hydrogens is 1380 g/mol. The summed E-state index contributed by atoms with van der Waals surface area (Å²) in [6, 6.07) is 16.3. The number of aliphatic hydroxyl groups is 13. The van der Waals surface area contributed by atoms with Crippen LogP contribution in [0, 0.1) is 0 Å². The fourth-order valence-corrected chi connectivity index (χ4v) is 12.7. The van der Waals surface area contributed by atoms with Gasteiger partial charge >= 0.3 is 5.96 Å². The zero-order valence-electron chi connectivity index (χ0n) is 55.7. The molecule has 0 saturated carbocycles. The molecule has 4 saturated heterocycles. The maximum atomic E-state index is 15.2. The zero-order valence-corrected chi connectivity index (χ0v) is 55.7. The van der Waals surface area contributed by atoms with Crippen molar-refractivity contribution in [2.24, 2.45) is 16.5 Å². The Labute approximate surface area is 592 Å². The van der Waals surface area contributed by atoms with E-state index in [0.717, 1.165) is 4.58 Å². The number of para-hydroxylation sites is 1. The molecule has 4 aromatic carbocycles. The van der Waals surface area contributed by atoms with Crippen LogP contribution in [0.5, 0.6) is 23.0 Å². The molecule has 0 unspecified atom stereocenters. The van der Waals surface area contributed by atoms with E-state index >= 15 is 9.59 Å². The summed E-state index contributed by atoms with van der Waals surface area (Å²) in [4.78, 5) is 91.8. The number of amides is 6. The van der Waals surface area contributed by atoms with Gasteiger partial charge in [-0.05, 0) is 59.7 Å². The van der Waals surface area contributed by atoms with Crippen LogP contribution in [0.2, 0.25) is 0 Å². The molecule has 0 spiro atoms. The molecule has 6 amide bonds. The summed E-state index contributed by atoms with van der Waals surface area (Å²) in [5, 5.41) is 164. The maximum absolute atomic E-state index is 15.2. The van der Waals surface area contributed by atoms with Crippen LogP contribution < -0.4 is 68.2 Å². The lowest BCUT2D eigenvalue weighted by atomic mass is 9.92. The number of aliphatic imine (C=N–C) groups is 1. The van der Waals surface area contributed by atoms with E-state index in [1.165, 1.54) is 24.3 Å². The van der Waals surface area contributed by atoms with Crippen molar-refractivity contribution >= 4 is 47.4 Å². The third-order valence-corrected chi connectivity index (χ3v) is 18.6. The Bertz CT molecular complexity index is 3650. The van der Waals surface area contributed by atoms with E-state index in [4.69, 9.17) is 44.6 Å². The molecule has 10 rings (SSSR count). The molecule has 4 fully saturated rings. The molecule has 4 aromatic rings. The molecule has 0 aliphatic carbocycles. The van der Waals surface area contributed by atoms with Crippen molar-refractivity contribution in [1.29, 1.82) is 0 Å². The lowest BCUT2D eigenvalue weighted by Crippen LogP contribution is -2.68. The number of hydrogen-bond donors (Lipinski definition) is 23. The van der Waals surface area contributed by atoms with Gasteiger partial charge in [-0.1, -0.05) is 67.6 Å². The summed E-state index contributed by atoms with van der Waals surface area (Å²) < 4.78 is 41.9. The summed E-state index contributed by atoms with van der Waals surface area (Å²) >= 11 is 0. The van der Waals surface area contributed by atoms with E-state index in [0.29, 0.717) is 22.8 Å². The highest BCUT2D eigenvalue weighted by Crippen LogP contribution is 2.33. The molecule has 0 radical (unpaired) electrons. The second-order valence-corrected chi connectivity index (χ2v) is 25.6. The largest absolute Gasteiger partial charge is 0.491 e. The molecule has 566 valence electrons. The standard InChI is InChI=1S/C66H86N12O26/c1-28(30-8-4-2-5-9-30)43-59(95)72-35(20-29-12-14-34(15-13-29)100-63-55(92)52(89)56(40(26-81)102-63)104-64-54(91)51(88)49(86)41(103-64)27-98-31-16-18-33(19-17-31)99-32-10-6-3-7-11-32)58(94)76-44(46(83)36-21-70-65(67)74-36)61(97)77-45(60(96)73-37(24-79)57(93)69-23-42(82)75-43)47(84)38-22-71-66(68)78(38)62-53(90)50(87)48(85)39(25-80)101-62/h2-19,28,35-41,43-56,62-64,79-81,83-92H,20-27H2,1H3,(H11,67,68,69,70,71,72,73,74,75,76,77,82,93,94,95,96,97)/p+1/t28-,35-,36+,37+,38+,39+,40-,41+,43+,44+,45-,46-,47-,48+,49+,50+,51+,52+,53+,54+,55-,56+,62-,63-,64+/m1/s1. The van der Waals surface area contributed by atoms with E-state index < -0.39 is 227 Å². The number of nitrogens with one attached hydrogen (secondary N) is 8. The minimum Gasteiger partial charge on any atom is -0.491 e. The van der Waals surface area contributed by atoms with Crippen molar-refractivity contribution in [2.45, 2.75) is 166 Å². The van der Waals surface area contributed by atoms with Crippen LogP contribution in [-0.4, -0.2) is 311 Å². The van der Waals surface area contributed by atoms with Gasteiger partial charge in [-0.25, -0.2) is 9.57 Å². The van der Waals surface area contributed by atoms with Gasteiger partial charge in [0.2, 0.25) is 48.0 Å². The molecule has 6 aliphatic heterocycles. The van der Waals surface area contributed by atoms with Crippen molar-refractivity contribution in [2.75, 3.05) is 46.1 Å². The van der Waals surface area contributed by atoms with Gasteiger partial charge in [0.1, 0.15) is 158 Å². The Kier molecular flexibility index (Phi) is 25.9. The summed E-state index contributed by atoms with van der Waals surface area (Å²) in [6.45, 7) is -3.35. The molecule has 38 heteroatoms. The smallest absolute Gasteiger partial charge is 0.346 e. The quantitative estimate of drug-likeness (QED) is 0.0345. The van der Waals surface area contributed by atoms with Crippen LogP contribution in [0.4, 0.5) is 0 Å². The van der Waals surface area contributed by atoms with E-state index in [1.54, 1.807) is 73.7 Å². The van der Waals surface area contributed by atoms with Gasteiger partial charge in [-0.3, -0.25) is 39.8 Å². The minimum atomic E-state index is -2.34. The highest BCUT2D eigenvalue weighted by Gasteiger charge is 2.55. The molecule has 6 aliphatic rings. The number of benzene rings is 4. The van der Waals surface area contributed by atoms with Crippen molar-refractivity contribution in [3.63, 3.8) is 0 Å². The summed E-state index contributed by atoms with van der Waals surface area (Å²) in [7, 11) is 0. The maximum Gasteiger partial charge on any atom is 0.346 e. The highest BCUT2D eigenvalue weighted by atomic mass is 16.7. The van der Waals surface area contributed by atoms with Gasteiger partial charge in [0.05, 0.1) is 32.4 Å². The van der Waals surface area contributed by atoms with E-state index in [9.17, 15) is 85.6 Å².